The standard InChI is InChI=1S/C18H22N2O5S2/c1-12-7-8-15(27(23,24)20(3)4)10-16(12)18(22)25-13(2)17(21)19-11-14-6-5-9-26-14/h5-10,13H,11H2,1-4H3,(H,19,21)/t13-/m1/s1. The van der Waals surface area contributed by atoms with E-state index in [9.17, 15) is 18.0 Å². The van der Waals surface area contributed by atoms with Crippen LogP contribution in [0.1, 0.15) is 27.7 Å². The fraction of sp³-hybridized carbons (Fsp3) is 0.333. The van der Waals surface area contributed by atoms with Gasteiger partial charge in [0.1, 0.15) is 0 Å². The summed E-state index contributed by atoms with van der Waals surface area (Å²) in [5.74, 6) is -1.17. The molecule has 27 heavy (non-hydrogen) atoms. The van der Waals surface area contributed by atoms with Crippen LogP contribution in [0.4, 0.5) is 0 Å². The molecular weight excluding hydrogens is 388 g/mol. The fourth-order valence-electron chi connectivity index (χ4n) is 2.20. The monoisotopic (exact) mass is 410 g/mol. The van der Waals surface area contributed by atoms with Crippen molar-refractivity contribution in [1.82, 2.24) is 9.62 Å². The van der Waals surface area contributed by atoms with Crippen molar-refractivity contribution < 1.29 is 22.7 Å². The van der Waals surface area contributed by atoms with Gasteiger partial charge >= 0.3 is 5.97 Å². The second-order valence-electron chi connectivity index (χ2n) is 6.11. The van der Waals surface area contributed by atoms with E-state index in [-0.39, 0.29) is 10.5 Å². The van der Waals surface area contributed by atoms with E-state index in [2.05, 4.69) is 5.32 Å². The average molecular weight is 411 g/mol. The zero-order valence-electron chi connectivity index (χ0n) is 15.6. The van der Waals surface area contributed by atoms with Crippen molar-refractivity contribution in [3.8, 4) is 0 Å². The molecule has 7 nitrogen and oxygen atoms in total. The first kappa shape index (κ1) is 21.1. The molecule has 9 heteroatoms. The van der Waals surface area contributed by atoms with Crippen molar-refractivity contribution >= 4 is 33.2 Å². The Bertz CT molecular complexity index is 921. The summed E-state index contributed by atoms with van der Waals surface area (Å²) in [5, 5.41) is 4.60. The van der Waals surface area contributed by atoms with Crippen molar-refractivity contribution in [2.75, 3.05) is 14.1 Å². The van der Waals surface area contributed by atoms with E-state index in [0.717, 1.165) is 9.18 Å². The van der Waals surface area contributed by atoms with E-state index in [0.29, 0.717) is 12.1 Å². The molecule has 1 atom stereocenters. The second-order valence-corrected chi connectivity index (χ2v) is 9.29. The van der Waals surface area contributed by atoms with Gasteiger partial charge in [0.25, 0.3) is 5.91 Å². The van der Waals surface area contributed by atoms with Gasteiger partial charge in [-0.3, -0.25) is 4.79 Å². The number of thiophene rings is 1. The van der Waals surface area contributed by atoms with Crippen molar-refractivity contribution in [3.63, 3.8) is 0 Å². The number of esters is 1. The second kappa shape index (κ2) is 8.64. The van der Waals surface area contributed by atoms with E-state index in [4.69, 9.17) is 4.74 Å². The first-order valence-corrected chi connectivity index (χ1v) is 10.5. The highest BCUT2D eigenvalue weighted by atomic mass is 32.2. The Labute approximate surface area is 163 Å². The minimum atomic E-state index is -3.68. The number of hydrogen-bond donors (Lipinski definition) is 1. The number of aryl methyl sites for hydroxylation is 1. The highest BCUT2D eigenvalue weighted by Gasteiger charge is 2.23. The summed E-state index contributed by atoms with van der Waals surface area (Å²) < 4.78 is 30.8. The molecule has 2 rings (SSSR count). The molecule has 0 saturated heterocycles. The zero-order chi connectivity index (χ0) is 20.2. The van der Waals surface area contributed by atoms with Gasteiger partial charge in [0, 0.05) is 19.0 Å². The maximum atomic E-state index is 12.5. The fourth-order valence-corrected chi connectivity index (χ4v) is 3.77. The Morgan fingerprint density at radius 2 is 1.96 bits per heavy atom. The molecule has 1 N–H and O–H groups in total. The number of nitrogens with one attached hydrogen (secondary N) is 1. The first-order chi connectivity index (χ1) is 12.6. The quantitative estimate of drug-likeness (QED) is 0.706. The van der Waals surface area contributed by atoms with Crippen LogP contribution in [0, 0.1) is 6.92 Å². The summed E-state index contributed by atoms with van der Waals surface area (Å²) in [6.07, 6.45) is -1.01. The molecule has 0 aliphatic rings. The zero-order valence-corrected chi connectivity index (χ0v) is 17.2. The minimum absolute atomic E-state index is 0.0140. The maximum absolute atomic E-state index is 12.5. The molecule has 1 heterocycles. The third-order valence-electron chi connectivity index (χ3n) is 3.88. The molecular formula is C18H22N2O5S2. The van der Waals surface area contributed by atoms with Crippen LogP contribution < -0.4 is 5.32 Å². The molecule has 0 saturated carbocycles. The lowest BCUT2D eigenvalue weighted by Crippen LogP contribution is -2.35. The Balaban J connectivity index is 2.09. The predicted octanol–water partition coefficient (Wildman–Crippen LogP) is 2.17. The summed E-state index contributed by atoms with van der Waals surface area (Å²) in [4.78, 5) is 25.5. The third kappa shape index (κ3) is 5.15. The van der Waals surface area contributed by atoms with Crippen LogP contribution in [-0.4, -0.2) is 44.8 Å². The number of carbonyl (C=O) groups excluding carboxylic acids is 2. The number of benzene rings is 1. The number of amides is 1. The first-order valence-electron chi connectivity index (χ1n) is 8.17. The van der Waals surface area contributed by atoms with Gasteiger partial charge in [0.15, 0.2) is 6.10 Å². The Morgan fingerprint density at radius 1 is 1.26 bits per heavy atom. The molecule has 0 radical (unpaired) electrons. The van der Waals surface area contributed by atoms with Crippen LogP contribution in [0.2, 0.25) is 0 Å². The molecule has 2 aromatic rings. The smallest absolute Gasteiger partial charge is 0.339 e. The topological polar surface area (TPSA) is 92.8 Å². The molecule has 0 spiro atoms. The normalized spacial score (nSPS) is 12.6. The van der Waals surface area contributed by atoms with Crippen LogP contribution in [0.3, 0.4) is 0 Å². The number of sulfonamides is 1. The Kier molecular flexibility index (Phi) is 6.74. The Hall–Kier alpha value is -2.23. The third-order valence-corrected chi connectivity index (χ3v) is 6.56. The summed E-state index contributed by atoms with van der Waals surface area (Å²) in [5.41, 5.74) is 0.666. The lowest BCUT2D eigenvalue weighted by Gasteiger charge is -2.16. The van der Waals surface area contributed by atoms with E-state index < -0.39 is 28.0 Å². The predicted molar refractivity (Wildman–Crippen MR) is 103 cm³/mol. The summed E-state index contributed by atoms with van der Waals surface area (Å²) in [7, 11) is -0.861. The van der Waals surface area contributed by atoms with Crippen molar-refractivity contribution in [2.45, 2.75) is 31.4 Å². The molecule has 1 aromatic heterocycles. The van der Waals surface area contributed by atoms with Gasteiger partial charge in [-0.2, -0.15) is 0 Å². The SMILES string of the molecule is Cc1ccc(S(=O)(=O)N(C)C)cc1C(=O)O[C@H](C)C(=O)NCc1cccs1. The van der Waals surface area contributed by atoms with E-state index in [1.54, 1.807) is 6.92 Å². The molecule has 0 fully saturated rings. The van der Waals surface area contributed by atoms with Crippen LogP contribution in [-0.2, 0) is 26.1 Å². The van der Waals surface area contributed by atoms with Gasteiger partial charge in [0.2, 0.25) is 10.0 Å². The van der Waals surface area contributed by atoms with Gasteiger partial charge in [-0.25, -0.2) is 17.5 Å². The van der Waals surface area contributed by atoms with Gasteiger partial charge in [0.05, 0.1) is 17.0 Å². The molecule has 146 valence electrons. The van der Waals surface area contributed by atoms with Crippen LogP contribution in [0.5, 0.6) is 0 Å². The van der Waals surface area contributed by atoms with Crippen LogP contribution >= 0.6 is 11.3 Å². The number of rotatable bonds is 7. The number of ether oxygens (including phenoxy) is 1. The molecule has 0 aliphatic carbocycles. The summed E-state index contributed by atoms with van der Waals surface area (Å²) in [6.45, 7) is 3.50. The van der Waals surface area contributed by atoms with E-state index in [1.807, 2.05) is 17.5 Å². The van der Waals surface area contributed by atoms with Crippen molar-refractivity contribution in [1.29, 1.82) is 0 Å². The number of carbonyl (C=O) groups is 2. The van der Waals surface area contributed by atoms with Crippen LogP contribution in [0.15, 0.2) is 40.6 Å². The summed E-state index contributed by atoms with van der Waals surface area (Å²) >= 11 is 1.51. The number of hydrogen-bond acceptors (Lipinski definition) is 6. The van der Waals surface area contributed by atoms with E-state index in [1.165, 1.54) is 50.6 Å². The lowest BCUT2D eigenvalue weighted by atomic mass is 10.1. The van der Waals surface area contributed by atoms with Crippen LogP contribution in [0.25, 0.3) is 0 Å². The highest BCUT2D eigenvalue weighted by Crippen LogP contribution is 2.19. The molecule has 0 bridgehead atoms. The van der Waals surface area contributed by atoms with Gasteiger partial charge in [-0.1, -0.05) is 12.1 Å². The molecule has 0 aliphatic heterocycles. The largest absolute Gasteiger partial charge is 0.449 e. The van der Waals surface area contributed by atoms with Gasteiger partial charge in [-0.05, 0) is 43.0 Å². The lowest BCUT2D eigenvalue weighted by molar-refractivity contribution is -0.129. The highest BCUT2D eigenvalue weighted by molar-refractivity contribution is 7.89. The molecule has 1 amide bonds. The van der Waals surface area contributed by atoms with Crippen molar-refractivity contribution in [3.05, 3.63) is 51.7 Å². The maximum Gasteiger partial charge on any atom is 0.339 e. The van der Waals surface area contributed by atoms with Crippen molar-refractivity contribution in [2.24, 2.45) is 0 Å². The molecule has 0 unspecified atom stereocenters. The van der Waals surface area contributed by atoms with Gasteiger partial charge < -0.3 is 10.1 Å². The number of nitrogens with zero attached hydrogens (tertiary/aromatic N) is 1. The Morgan fingerprint density at radius 3 is 2.56 bits per heavy atom. The van der Waals surface area contributed by atoms with Gasteiger partial charge in [-0.15, -0.1) is 11.3 Å². The molecule has 1 aromatic carbocycles. The average Bonchev–Trinajstić information content (AvgIpc) is 3.13. The summed E-state index contributed by atoms with van der Waals surface area (Å²) in [6, 6.07) is 8.01. The minimum Gasteiger partial charge on any atom is -0.449 e. The van der Waals surface area contributed by atoms with E-state index >= 15 is 0 Å².